The number of ether oxygens (including phenoxy) is 1. The first-order valence-corrected chi connectivity index (χ1v) is 9.47. The lowest BCUT2D eigenvalue weighted by molar-refractivity contribution is -0.140. The SMILES string of the molecule is COc1ccc(C2(C(=O)N3CCN(CCO)CC3)CCCCC2)cc1. The van der Waals surface area contributed by atoms with Gasteiger partial charge in [0.25, 0.3) is 0 Å². The molecule has 1 N–H and O–H groups in total. The molecule has 1 aliphatic carbocycles. The van der Waals surface area contributed by atoms with Crippen molar-refractivity contribution in [3.05, 3.63) is 29.8 Å². The van der Waals surface area contributed by atoms with Crippen LogP contribution >= 0.6 is 0 Å². The molecule has 1 saturated heterocycles. The lowest BCUT2D eigenvalue weighted by atomic mass is 9.68. The molecule has 1 amide bonds. The highest BCUT2D eigenvalue weighted by molar-refractivity contribution is 5.88. The van der Waals surface area contributed by atoms with Gasteiger partial charge in [-0.25, -0.2) is 0 Å². The summed E-state index contributed by atoms with van der Waals surface area (Å²) in [5.74, 6) is 1.13. The van der Waals surface area contributed by atoms with Gasteiger partial charge < -0.3 is 14.7 Å². The monoisotopic (exact) mass is 346 g/mol. The molecule has 5 heteroatoms. The van der Waals surface area contributed by atoms with E-state index in [4.69, 9.17) is 9.84 Å². The summed E-state index contributed by atoms with van der Waals surface area (Å²) < 4.78 is 5.28. The first-order chi connectivity index (χ1) is 12.2. The van der Waals surface area contributed by atoms with Crippen LogP contribution in [-0.2, 0) is 10.2 Å². The van der Waals surface area contributed by atoms with Crippen molar-refractivity contribution in [1.82, 2.24) is 9.80 Å². The fourth-order valence-electron chi connectivity index (χ4n) is 4.31. The van der Waals surface area contributed by atoms with Crippen LogP contribution < -0.4 is 4.74 Å². The molecule has 1 aliphatic heterocycles. The van der Waals surface area contributed by atoms with Crippen LogP contribution in [0, 0.1) is 0 Å². The van der Waals surface area contributed by atoms with Crippen molar-refractivity contribution in [2.75, 3.05) is 46.4 Å². The highest BCUT2D eigenvalue weighted by atomic mass is 16.5. The fraction of sp³-hybridized carbons (Fsp3) is 0.650. The molecule has 1 aromatic carbocycles. The number of benzene rings is 1. The molecule has 1 saturated carbocycles. The molecule has 0 radical (unpaired) electrons. The Kier molecular flexibility index (Phi) is 5.97. The maximum Gasteiger partial charge on any atom is 0.233 e. The number of β-amino-alcohol motifs (C(OH)–C–C–N with tert-alkyl or cyclic N) is 1. The number of carbonyl (C=O) groups excluding carboxylic acids is 1. The van der Waals surface area contributed by atoms with Gasteiger partial charge in [0.15, 0.2) is 0 Å². The summed E-state index contributed by atoms with van der Waals surface area (Å²) in [4.78, 5) is 17.8. The van der Waals surface area contributed by atoms with E-state index in [1.54, 1.807) is 7.11 Å². The molecule has 0 atom stereocenters. The molecule has 2 fully saturated rings. The third kappa shape index (κ3) is 3.82. The average Bonchev–Trinajstić information content (AvgIpc) is 2.69. The second-order valence-electron chi connectivity index (χ2n) is 7.23. The summed E-state index contributed by atoms with van der Waals surface area (Å²) in [7, 11) is 1.67. The molecule has 0 spiro atoms. The van der Waals surface area contributed by atoms with Crippen LogP contribution in [0.15, 0.2) is 24.3 Å². The minimum Gasteiger partial charge on any atom is -0.497 e. The number of hydrogen-bond donors (Lipinski definition) is 1. The van der Waals surface area contributed by atoms with Crippen molar-refractivity contribution >= 4 is 5.91 Å². The highest BCUT2D eigenvalue weighted by Crippen LogP contribution is 2.41. The van der Waals surface area contributed by atoms with Gasteiger partial charge in [0.2, 0.25) is 5.91 Å². The molecule has 25 heavy (non-hydrogen) atoms. The molecule has 0 unspecified atom stereocenters. The van der Waals surface area contributed by atoms with Gasteiger partial charge in [-0.1, -0.05) is 31.4 Å². The van der Waals surface area contributed by atoms with Crippen molar-refractivity contribution in [2.45, 2.75) is 37.5 Å². The Hall–Kier alpha value is -1.59. The van der Waals surface area contributed by atoms with Crippen molar-refractivity contribution in [3.63, 3.8) is 0 Å². The molecule has 2 aliphatic rings. The number of methoxy groups -OCH3 is 1. The fourth-order valence-corrected chi connectivity index (χ4v) is 4.31. The van der Waals surface area contributed by atoms with Gasteiger partial charge in [-0.3, -0.25) is 9.69 Å². The van der Waals surface area contributed by atoms with Crippen LogP contribution in [-0.4, -0.2) is 67.3 Å². The number of aliphatic hydroxyl groups is 1. The van der Waals surface area contributed by atoms with Gasteiger partial charge in [0.1, 0.15) is 5.75 Å². The van der Waals surface area contributed by atoms with Gasteiger partial charge in [-0.15, -0.1) is 0 Å². The molecule has 5 nitrogen and oxygen atoms in total. The van der Waals surface area contributed by atoms with E-state index in [0.717, 1.165) is 63.2 Å². The smallest absolute Gasteiger partial charge is 0.233 e. The lowest BCUT2D eigenvalue weighted by Crippen LogP contribution is -2.55. The first kappa shape index (κ1) is 18.2. The van der Waals surface area contributed by atoms with Crippen molar-refractivity contribution in [1.29, 1.82) is 0 Å². The van der Waals surface area contributed by atoms with E-state index >= 15 is 0 Å². The van der Waals surface area contributed by atoms with E-state index < -0.39 is 0 Å². The Bertz CT molecular complexity index is 559. The zero-order valence-electron chi connectivity index (χ0n) is 15.2. The molecular formula is C20H30N2O3. The maximum atomic E-state index is 13.5. The second-order valence-corrected chi connectivity index (χ2v) is 7.23. The molecular weight excluding hydrogens is 316 g/mol. The predicted octanol–water partition coefficient (Wildman–Crippen LogP) is 2.03. The number of rotatable bonds is 5. The van der Waals surface area contributed by atoms with Gasteiger partial charge in [0, 0.05) is 32.7 Å². The molecule has 0 bridgehead atoms. The van der Waals surface area contributed by atoms with E-state index in [9.17, 15) is 4.79 Å². The second kappa shape index (κ2) is 8.19. The average molecular weight is 346 g/mol. The largest absolute Gasteiger partial charge is 0.497 e. The van der Waals surface area contributed by atoms with Gasteiger partial charge in [0.05, 0.1) is 19.1 Å². The zero-order valence-corrected chi connectivity index (χ0v) is 15.2. The summed E-state index contributed by atoms with van der Waals surface area (Å²) in [6.07, 6.45) is 5.32. The van der Waals surface area contributed by atoms with Crippen LogP contribution in [0.2, 0.25) is 0 Å². The number of amides is 1. The van der Waals surface area contributed by atoms with E-state index in [0.29, 0.717) is 12.5 Å². The number of hydrogen-bond acceptors (Lipinski definition) is 4. The van der Waals surface area contributed by atoms with Crippen LogP contribution in [0.5, 0.6) is 5.75 Å². The van der Waals surface area contributed by atoms with E-state index in [1.807, 2.05) is 17.0 Å². The summed E-state index contributed by atoms with van der Waals surface area (Å²) >= 11 is 0. The molecule has 1 aromatic rings. The zero-order chi connectivity index (χ0) is 17.7. The number of aliphatic hydroxyl groups excluding tert-OH is 1. The number of carbonyl (C=O) groups is 1. The number of nitrogens with zero attached hydrogens (tertiary/aromatic N) is 2. The van der Waals surface area contributed by atoms with Gasteiger partial charge in [-0.05, 0) is 30.5 Å². The van der Waals surface area contributed by atoms with Gasteiger partial charge >= 0.3 is 0 Å². The summed E-state index contributed by atoms with van der Waals surface area (Å²) in [6.45, 7) is 4.11. The maximum absolute atomic E-state index is 13.5. The van der Waals surface area contributed by atoms with Crippen LogP contribution in [0.4, 0.5) is 0 Å². The Morgan fingerprint density at radius 2 is 1.72 bits per heavy atom. The van der Waals surface area contributed by atoms with Crippen LogP contribution in [0.25, 0.3) is 0 Å². The highest BCUT2D eigenvalue weighted by Gasteiger charge is 2.43. The minimum absolute atomic E-state index is 0.184. The van der Waals surface area contributed by atoms with Crippen molar-refractivity contribution in [2.24, 2.45) is 0 Å². The molecule has 0 aromatic heterocycles. The molecule has 1 heterocycles. The molecule has 138 valence electrons. The summed E-state index contributed by atoms with van der Waals surface area (Å²) in [5.41, 5.74) is 0.764. The van der Waals surface area contributed by atoms with Crippen molar-refractivity contribution in [3.8, 4) is 5.75 Å². The van der Waals surface area contributed by atoms with E-state index in [1.165, 1.54) is 6.42 Å². The Morgan fingerprint density at radius 1 is 1.08 bits per heavy atom. The topological polar surface area (TPSA) is 53.0 Å². The standard InChI is InChI=1S/C20H30N2O3/c1-25-18-7-5-17(6-8-18)20(9-3-2-4-10-20)19(24)22-13-11-21(12-14-22)15-16-23/h5-8,23H,2-4,9-16H2,1H3. The van der Waals surface area contributed by atoms with Crippen LogP contribution in [0.1, 0.15) is 37.7 Å². The predicted molar refractivity (Wildman–Crippen MR) is 97.9 cm³/mol. The van der Waals surface area contributed by atoms with E-state index in [-0.39, 0.29) is 12.0 Å². The quantitative estimate of drug-likeness (QED) is 0.886. The Labute approximate surface area is 150 Å². The normalized spacial score (nSPS) is 21.1. The number of piperazine rings is 1. The Balaban J connectivity index is 1.79. The molecule has 3 rings (SSSR count). The first-order valence-electron chi connectivity index (χ1n) is 9.47. The van der Waals surface area contributed by atoms with Crippen LogP contribution in [0.3, 0.4) is 0 Å². The minimum atomic E-state index is -0.371. The third-order valence-corrected chi connectivity index (χ3v) is 5.83. The Morgan fingerprint density at radius 3 is 2.28 bits per heavy atom. The summed E-state index contributed by atoms with van der Waals surface area (Å²) in [6, 6.07) is 8.09. The van der Waals surface area contributed by atoms with Crippen molar-refractivity contribution < 1.29 is 14.6 Å². The summed E-state index contributed by atoms with van der Waals surface area (Å²) in [5, 5.41) is 9.10. The van der Waals surface area contributed by atoms with E-state index in [2.05, 4.69) is 17.0 Å². The lowest BCUT2D eigenvalue weighted by Gasteiger charge is -2.43. The van der Waals surface area contributed by atoms with Gasteiger partial charge in [-0.2, -0.15) is 0 Å². The third-order valence-electron chi connectivity index (χ3n) is 5.83.